The molecule has 2 aliphatic heterocycles. The molecule has 0 radical (unpaired) electrons. The SMILES string of the molecule is CC(=O)N1CCC(c2ccc(B3OCC(C)(C)O3)cc2)C1. The van der Waals surface area contributed by atoms with E-state index in [0.717, 1.165) is 25.0 Å². The van der Waals surface area contributed by atoms with Crippen LogP contribution in [0.15, 0.2) is 24.3 Å². The standard InChI is InChI=1S/C16H22BNO3/c1-12(19)18-9-8-14(10-18)13-4-6-15(7-5-13)17-20-11-16(2,3)21-17/h4-7,14H,8-11H2,1-3H3. The molecule has 0 N–H and O–H groups in total. The van der Waals surface area contributed by atoms with Crippen LogP contribution in [0.2, 0.25) is 0 Å². The van der Waals surface area contributed by atoms with Crippen molar-refractivity contribution in [3.63, 3.8) is 0 Å². The number of carbonyl (C=O) groups is 1. The second-order valence-electron chi connectivity index (χ2n) is 6.64. The van der Waals surface area contributed by atoms with Crippen LogP contribution in [0, 0.1) is 0 Å². The number of rotatable bonds is 2. The van der Waals surface area contributed by atoms with Crippen molar-refractivity contribution < 1.29 is 14.1 Å². The Labute approximate surface area is 126 Å². The lowest BCUT2D eigenvalue weighted by atomic mass is 9.78. The first kappa shape index (κ1) is 14.6. The van der Waals surface area contributed by atoms with Crippen LogP contribution >= 0.6 is 0 Å². The topological polar surface area (TPSA) is 38.8 Å². The maximum Gasteiger partial charge on any atom is 0.494 e. The minimum absolute atomic E-state index is 0.170. The molecule has 1 aromatic rings. The van der Waals surface area contributed by atoms with E-state index in [1.54, 1.807) is 6.92 Å². The third-order valence-electron chi connectivity index (χ3n) is 4.32. The number of carbonyl (C=O) groups excluding carboxylic acids is 1. The first-order valence-electron chi connectivity index (χ1n) is 7.59. The van der Waals surface area contributed by atoms with Crippen molar-refractivity contribution >= 4 is 18.5 Å². The lowest BCUT2D eigenvalue weighted by molar-refractivity contribution is -0.127. The van der Waals surface area contributed by atoms with Gasteiger partial charge in [0.2, 0.25) is 5.91 Å². The van der Waals surface area contributed by atoms with Crippen molar-refractivity contribution in [2.75, 3.05) is 19.7 Å². The minimum atomic E-state index is -0.258. The predicted octanol–water partition coefficient (Wildman–Crippen LogP) is 1.54. The number of hydrogen-bond donors (Lipinski definition) is 0. The molecule has 2 fully saturated rings. The summed E-state index contributed by atoms with van der Waals surface area (Å²) in [5.74, 6) is 0.619. The summed E-state index contributed by atoms with van der Waals surface area (Å²) in [5, 5.41) is 0. The monoisotopic (exact) mass is 287 g/mol. The van der Waals surface area contributed by atoms with E-state index in [0.29, 0.717) is 12.5 Å². The van der Waals surface area contributed by atoms with Crippen molar-refractivity contribution in [3.05, 3.63) is 29.8 Å². The molecule has 0 bridgehead atoms. The molecule has 4 nitrogen and oxygen atoms in total. The van der Waals surface area contributed by atoms with Crippen molar-refractivity contribution in [2.24, 2.45) is 0 Å². The van der Waals surface area contributed by atoms with Gasteiger partial charge in [0.25, 0.3) is 0 Å². The summed E-state index contributed by atoms with van der Waals surface area (Å²) in [6.07, 6.45) is 1.04. The lowest BCUT2D eigenvalue weighted by Crippen LogP contribution is -2.34. The molecule has 0 aliphatic carbocycles. The summed E-state index contributed by atoms with van der Waals surface area (Å²) >= 11 is 0. The van der Waals surface area contributed by atoms with E-state index < -0.39 is 0 Å². The summed E-state index contributed by atoms with van der Waals surface area (Å²) in [7, 11) is -0.258. The Hall–Kier alpha value is -1.33. The number of likely N-dealkylation sites (tertiary alicyclic amines) is 1. The lowest BCUT2D eigenvalue weighted by Gasteiger charge is -2.16. The predicted molar refractivity (Wildman–Crippen MR) is 82.6 cm³/mol. The van der Waals surface area contributed by atoms with E-state index in [-0.39, 0.29) is 18.6 Å². The van der Waals surface area contributed by atoms with E-state index in [1.807, 2.05) is 18.7 Å². The number of benzene rings is 1. The van der Waals surface area contributed by atoms with Gasteiger partial charge < -0.3 is 14.2 Å². The van der Waals surface area contributed by atoms with Crippen LogP contribution < -0.4 is 5.46 Å². The van der Waals surface area contributed by atoms with Gasteiger partial charge in [-0.1, -0.05) is 24.3 Å². The number of hydrogen-bond acceptors (Lipinski definition) is 3. The van der Waals surface area contributed by atoms with Gasteiger partial charge in [0.05, 0.1) is 12.2 Å². The van der Waals surface area contributed by atoms with Crippen LogP contribution in [0.4, 0.5) is 0 Å². The summed E-state index contributed by atoms with van der Waals surface area (Å²) in [4.78, 5) is 13.3. The van der Waals surface area contributed by atoms with Crippen molar-refractivity contribution in [2.45, 2.75) is 38.7 Å². The molecule has 1 aromatic carbocycles. The van der Waals surface area contributed by atoms with Crippen LogP contribution in [-0.4, -0.2) is 43.2 Å². The summed E-state index contributed by atoms with van der Waals surface area (Å²) in [6.45, 7) is 8.03. The second kappa shape index (κ2) is 5.46. The third-order valence-corrected chi connectivity index (χ3v) is 4.32. The van der Waals surface area contributed by atoms with Crippen LogP contribution in [0.1, 0.15) is 38.7 Å². The van der Waals surface area contributed by atoms with Gasteiger partial charge in [-0.15, -0.1) is 0 Å². The molecular formula is C16H22BNO3. The van der Waals surface area contributed by atoms with E-state index in [1.165, 1.54) is 5.56 Å². The second-order valence-corrected chi connectivity index (χ2v) is 6.64. The first-order valence-corrected chi connectivity index (χ1v) is 7.59. The molecule has 112 valence electrons. The third kappa shape index (κ3) is 3.14. The van der Waals surface area contributed by atoms with Crippen molar-refractivity contribution in [1.82, 2.24) is 4.90 Å². The zero-order chi connectivity index (χ0) is 15.0. The molecule has 1 amide bonds. The Balaban J connectivity index is 1.66. The number of nitrogens with zero attached hydrogens (tertiary/aromatic N) is 1. The van der Waals surface area contributed by atoms with Gasteiger partial charge in [-0.2, -0.15) is 0 Å². The number of amides is 1. The average Bonchev–Trinajstić information content (AvgIpc) is 3.05. The molecule has 2 saturated heterocycles. The molecule has 3 rings (SSSR count). The Morgan fingerprint density at radius 2 is 2.05 bits per heavy atom. The molecule has 5 heteroatoms. The minimum Gasteiger partial charge on any atom is -0.404 e. The fourth-order valence-electron chi connectivity index (χ4n) is 3.04. The zero-order valence-electron chi connectivity index (χ0n) is 13.0. The van der Waals surface area contributed by atoms with E-state index in [4.69, 9.17) is 9.31 Å². The smallest absolute Gasteiger partial charge is 0.404 e. The normalized spacial score (nSPS) is 24.6. The molecule has 2 heterocycles. The van der Waals surface area contributed by atoms with Crippen molar-refractivity contribution in [1.29, 1.82) is 0 Å². The van der Waals surface area contributed by atoms with Gasteiger partial charge in [-0.25, -0.2) is 0 Å². The molecule has 2 aliphatic rings. The summed E-state index contributed by atoms with van der Waals surface area (Å²) in [6, 6.07) is 8.44. The molecule has 0 saturated carbocycles. The van der Waals surface area contributed by atoms with Crippen molar-refractivity contribution in [3.8, 4) is 0 Å². The van der Waals surface area contributed by atoms with Crippen LogP contribution in [0.3, 0.4) is 0 Å². The highest BCUT2D eigenvalue weighted by Gasteiger charge is 2.38. The summed E-state index contributed by atoms with van der Waals surface area (Å²) in [5.41, 5.74) is 2.14. The van der Waals surface area contributed by atoms with Crippen LogP contribution in [-0.2, 0) is 14.1 Å². The first-order chi connectivity index (χ1) is 9.94. The molecule has 1 unspecified atom stereocenters. The van der Waals surface area contributed by atoms with Gasteiger partial charge in [0.1, 0.15) is 0 Å². The maximum absolute atomic E-state index is 11.4. The Morgan fingerprint density at radius 3 is 2.57 bits per heavy atom. The highest BCUT2D eigenvalue weighted by molar-refractivity contribution is 6.61. The quantitative estimate of drug-likeness (QED) is 0.775. The average molecular weight is 287 g/mol. The van der Waals surface area contributed by atoms with Gasteiger partial charge in [0.15, 0.2) is 0 Å². The molecule has 0 spiro atoms. The molecular weight excluding hydrogens is 265 g/mol. The van der Waals surface area contributed by atoms with Gasteiger partial charge in [-0.3, -0.25) is 4.79 Å². The van der Waals surface area contributed by atoms with Gasteiger partial charge >= 0.3 is 7.12 Å². The molecule has 21 heavy (non-hydrogen) atoms. The maximum atomic E-state index is 11.4. The van der Waals surface area contributed by atoms with Gasteiger partial charge in [0, 0.05) is 25.9 Å². The Bertz CT molecular complexity index is 529. The largest absolute Gasteiger partial charge is 0.494 e. The zero-order valence-corrected chi connectivity index (χ0v) is 13.0. The molecule has 1 atom stereocenters. The van der Waals surface area contributed by atoms with E-state index in [9.17, 15) is 4.79 Å². The summed E-state index contributed by atoms with van der Waals surface area (Å²) < 4.78 is 11.6. The fourth-order valence-corrected chi connectivity index (χ4v) is 3.04. The van der Waals surface area contributed by atoms with E-state index >= 15 is 0 Å². The Morgan fingerprint density at radius 1 is 1.33 bits per heavy atom. The van der Waals surface area contributed by atoms with E-state index in [2.05, 4.69) is 24.3 Å². The Kier molecular flexibility index (Phi) is 3.80. The van der Waals surface area contributed by atoms with Crippen LogP contribution in [0.25, 0.3) is 0 Å². The van der Waals surface area contributed by atoms with Crippen LogP contribution in [0.5, 0.6) is 0 Å². The highest BCUT2D eigenvalue weighted by Crippen LogP contribution is 2.27. The molecule has 0 aromatic heterocycles. The fraction of sp³-hybridized carbons (Fsp3) is 0.562. The van der Waals surface area contributed by atoms with Gasteiger partial charge in [-0.05, 0) is 31.3 Å². The highest BCUT2D eigenvalue weighted by atomic mass is 16.7.